The van der Waals surface area contributed by atoms with Crippen molar-refractivity contribution in [1.82, 2.24) is 9.88 Å². The van der Waals surface area contributed by atoms with Gasteiger partial charge in [-0.05, 0) is 78.7 Å². The van der Waals surface area contributed by atoms with Gasteiger partial charge in [-0.2, -0.15) is 0 Å². The monoisotopic (exact) mass is 603 g/mol. The van der Waals surface area contributed by atoms with Gasteiger partial charge in [-0.15, -0.1) is 0 Å². The number of fused-ring (bicyclic) bond motifs is 2. The quantitative estimate of drug-likeness (QED) is 0.354. The van der Waals surface area contributed by atoms with E-state index < -0.39 is 0 Å². The zero-order chi connectivity index (χ0) is 25.2. The predicted octanol–water partition coefficient (Wildman–Crippen LogP) is 4.96. The molecular formula is C27H30IN3O5. The summed E-state index contributed by atoms with van der Waals surface area (Å²) in [6.07, 6.45) is 4.11. The fourth-order valence-corrected chi connectivity index (χ4v) is 5.45. The molecular weight excluding hydrogens is 573 g/mol. The van der Waals surface area contributed by atoms with E-state index in [4.69, 9.17) is 18.9 Å². The van der Waals surface area contributed by atoms with Crippen LogP contribution in [0.15, 0.2) is 36.5 Å². The van der Waals surface area contributed by atoms with Crippen molar-refractivity contribution in [1.29, 1.82) is 0 Å². The molecule has 5 rings (SSSR count). The third-order valence-corrected chi connectivity index (χ3v) is 7.86. The minimum absolute atomic E-state index is 0.101. The first-order valence-corrected chi connectivity index (χ1v) is 13.2. The molecule has 2 aromatic carbocycles. The molecule has 1 saturated heterocycles. The van der Waals surface area contributed by atoms with Crippen molar-refractivity contribution in [3.63, 3.8) is 0 Å². The number of anilines is 1. The molecule has 8 nitrogen and oxygen atoms in total. The first-order valence-electron chi connectivity index (χ1n) is 12.1. The van der Waals surface area contributed by atoms with Gasteiger partial charge in [0.1, 0.15) is 0 Å². The largest absolute Gasteiger partial charge is 0.493 e. The van der Waals surface area contributed by atoms with Crippen LogP contribution in [0.5, 0.6) is 23.0 Å². The molecule has 2 aliphatic rings. The molecule has 0 N–H and O–H groups in total. The first kappa shape index (κ1) is 24.9. The topological polar surface area (TPSA) is 73.4 Å². The van der Waals surface area contributed by atoms with Crippen molar-refractivity contribution >= 4 is 45.1 Å². The van der Waals surface area contributed by atoms with Crippen LogP contribution in [0.2, 0.25) is 0 Å². The van der Waals surface area contributed by atoms with Gasteiger partial charge in [-0.25, -0.2) is 0 Å². The van der Waals surface area contributed by atoms with Crippen LogP contribution in [-0.4, -0.2) is 63.0 Å². The molecule has 190 valence electrons. The highest BCUT2D eigenvalue weighted by Crippen LogP contribution is 2.39. The number of methoxy groups -OCH3 is 2. The number of benzene rings is 2. The lowest BCUT2D eigenvalue weighted by Crippen LogP contribution is -2.42. The molecule has 0 unspecified atom stereocenters. The van der Waals surface area contributed by atoms with Crippen molar-refractivity contribution in [3.05, 3.63) is 45.7 Å². The van der Waals surface area contributed by atoms with Gasteiger partial charge in [0.15, 0.2) is 23.0 Å². The number of likely N-dealkylation sites (tertiary alicyclic amines) is 1. The average molecular weight is 603 g/mol. The van der Waals surface area contributed by atoms with Gasteiger partial charge in [0.25, 0.3) is 5.91 Å². The van der Waals surface area contributed by atoms with Crippen LogP contribution in [-0.2, 0) is 0 Å². The maximum Gasteiger partial charge on any atom is 0.259 e. The summed E-state index contributed by atoms with van der Waals surface area (Å²) < 4.78 is 22.9. The summed E-state index contributed by atoms with van der Waals surface area (Å²) in [6, 6.07) is 9.28. The summed E-state index contributed by atoms with van der Waals surface area (Å²) in [7, 11) is 3.17. The Morgan fingerprint density at radius 2 is 1.81 bits per heavy atom. The number of carbonyl (C=O) groups excluding carboxylic acids is 1. The molecule has 1 amide bonds. The number of nitrogens with zero attached hydrogens (tertiary/aromatic N) is 3. The van der Waals surface area contributed by atoms with Gasteiger partial charge < -0.3 is 28.7 Å². The van der Waals surface area contributed by atoms with Crippen molar-refractivity contribution in [2.45, 2.75) is 19.8 Å². The van der Waals surface area contributed by atoms with Crippen LogP contribution >= 0.6 is 22.6 Å². The molecule has 0 aliphatic carbocycles. The fourth-order valence-electron chi connectivity index (χ4n) is 4.78. The van der Waals surface area contributed by atoms with E-state index in [0.717, 1.165) is 45.7 Å². The summed E-state index contributed by atoms with van der Waals surface area (Å²) in [5.41, 5.74) is 2.11. The highest BCUT2D eigenvalue weighted by molar-refractivity contribution is 14.1. The zero-order valence-electron chi connectivity index (χ0n) is 20.8. The van der Waals surface area contributed by atoms with Crippen LogP contribution in [0.3, 0.4) is 0 Å². The summed E-state index contributed by atoms with van der Waals surface area (Å²) in [5.74, 6) is 3.09. The Hall–Kier alpha value is -2.79. The van der Waals surface area contributed by atoms with E-state index in [1.54, 1.807) is 26.5 Å². The number of rotatable bonds is 7. The summed E-state index contributed by atoms with van der Waals surface area (Å²) in [5, 5.41) is 0.845. The average Bonchev–Trinajstić information content (AvgIpc) is 3.35. The molecule has 0 saturated carbocycles. The van der Waals surface area contributed by atoms with Crippen LogP contribution < -0.4 is 23.8 Å². The van der Waals surface area contributed by atoms with Gasteiger partial charge in [-0.1, -0.05) is 6.92 Å². The van der Waals surface area contributed by atoms with E-state index >= 15 is 0 Å². The zero-order valence-corrected chi connectivity index (χ0v) is 22.9. The van der Waals surface area contributed by atoms with Crippen LogP contribution in [0.4, 0.5) is 5.69 Å². The van der Waals surface area contributed by atoms with Crippen molar-refractivity contribution in [2.75, 3.05) is 52.1 Å². The van der Waals surface area contributed by atoms with E-state index in [1.165, 1.54) is 12.8 Å². The van der Waals surface area contributed by atoms with Gasteiger partial charge in [0, 0.05) is 34.3 Å². The third kappa shape index (κ3) is 4.90. The molecule has 36 heavy (non-hydrogen) atoms. The van der Waals surface area contributed by atoms with Crippen LogP contribution in [0.1, 0.15) is 30.1 Å². The Bertz CT molecular complexity index is 1280. The maximum absolute atomic E-state index is 14.2. The lowest BCUT2D eigenvalue weighted by molar-refractivity contribution is 0.0979. The molecule has 0 bridgehead atoms. The van der Waals surface area contributed by atoms with Gasteiger partial charge in [0.2, 0.25) is 6.79 Å². The second-order valence-electron chi connectivity index (χ2n) is 9.22. The van der Waals surface area contributed by atoms with Crippen molar-refractivity contribution in [3.8, 4) is 23.0 Å². The third-order valence-electron chi connectivity index (χ3n) is 6.97. The van der Waals surface area contributed by atoms with E-state index in [1.807, 2.05) is 29.2 Å². The number of carbonyl (C=O) groups is 1. The summed E-state index contributed by atoms with van der Waals surface area (Å²) >= 11 is 2.18. The Kier molecular flexibility index (Phi) is 7.38. The van der Waals surface area contributed by atoms with E-state index in [2.05, 4.69) is 39.4 Å². The van der Waals surface area contributed by atoms with E-state index in [0.29, 0.717) is 35.1 Å². The maximum atomic E-state index is 14.2. The summed E-state index contributed by atoms with van der Waals surface area (Å²) in [6.45, 7) is 5.92. The Labute approximate surface area is 224 Å². The highest BCUT2D eigenvalue weighted by atomic mass is 127. The van der Waals surface area contributed by atoms with Gasteiger partial charge in [0.05, 0.1) is 31.0 Å². The minimum Gasteiger partial charge on any atom is -0.493 e. The molecule has 1 fully saturated rings. The second kappa shape index (κ2) is 10.7. The normalized spacial score (nSPS) is 15.8. The van der Waals surface area contributed by atoms with Crippen molar-refractivity contribution < 1.29 is 23.7 Å². The molecule has 9 heteroatoms. The molecule has 3 aromatic rings. The number of hydrogen-bond donors (Lipinski definition) is 0. The van der Waals surface area contributed by atoms with E-state index in [9.17, 15) is 4.79 Å². The van der Waals surface area contributed by atoms with Crippen molar-refractivity contribution in [2.24, 2.45) is 5.92 Å². The number of amides is 1. The minimum atomic E-state index is -0.101. The van der Waals surface area contributed by atoms with E-state index in [-0.39, 0.29) is 12.7 Å². The number of aromatic nitrogens is 1. The first-order chi connectivity index (χ1) is 17.5. The molecule has 3 heterocycles. The predicted molar refractivity (Wildman–Crippen MR) is 147 cm³/mol. The molecule has 2 aliphatic heterocycles. The lowest BCUT2D eigenvalue weighted by atomic mass is 9.99. The lowest BCUT2D eigenvalue weighted by Gasteiger charge is -2.33. The number of ether oxygens (including phenoxy) is 4. The fraction of sp³-hybridized carbons (Fsp3) is 0.407. The Morgan fingerprint density at radius 3 is 2.53 bits per heavy atom. The van der Waals surface area contributed by atoms with Gasteiger partial charge >= 0.3 is 0 Å². The van der Waals surface area contributed by atoms with Crippen LogP contribution in [0, 0.1) is 9.49 Å². The number of pyridine rings is 1. The summed E-state index contributed by atoms with van der Waals surface area (Å²) in [4.78, 5) is 23.0. The number of hydrogen-bond acceptors (Lipinski definition) is 7. The number of halogens is 1. The molecule has 0 spiro atoms. The van der Waals surface area contributed by atoms with Crippen LogP contribution in [0.25, 0.3) is 10.9 Å². The smallest absolute Gasteiger partial charge is 0.259 e. The molecule has 0 radical (unpaired) electrons. The SMILES string of the molecule is COc1cc(I)c(C(=O)N(CCN2CCC(C)CC2)c2ccnc3cc4c(cc23)OCO4)cc1OC. The number of piperidine rings is 1. The Balaban J connectivity index is 1.55. The standard InChI is InChI=1S/C27H30IN3O5/c1-17-5-8-30(9-6-17)10-11-31(27(32)18-12-23(33-2)24(34-3)14-20(18)28)22-4-7-29-21-15-26-25(13-19(21)22)35-16-36-26/h4,7,12-15,17H,5-6,8-11,16H2,1-3H3. The molecule has 1 aromatic heterocycles. The highest BCUT2D eigenvalue weighted by Gasteiger charge is 2.26. The van der Waals surface area contributed by atoms with Gasteiger partial charge in [-0.3, -0.25) is 9.78 Å². The second-order valence-corrected chi connectivity index (χ2v) is 10.4. The molecule has 0 atom stereocenters. The Morgan fingerprint density at radius 1 is 1.11 bits per heavy atom.